The number of hydrogen-bond acceptors (Lipinski definition) is 2. The van der Waals surface area contributed by atoms with Gasteiger partial charge in [-0.05, 0) is 93.0 Å². The molecule has 0 saturated carbocycles. The quantitative estimate of drug-likeness (QED) is 0.124. The molecule has 0 amide bonds. The molecule has 0 saturated heterocycles. The Morgan fingerprint density at radius 3 is 0.966 bits per heavy atom. The molecule has 58 heavy (non-hydrogen) atoms. The molecule has 0 unspecified atom stereocenters. The molecule has 2 heteroatoms. The van der Waals surface area contributed by atoms with Gasteiger partial charge in [-0.1, -0.05) is 173 Å². The van der Waals surface area contributed by atoms with Crippen LogP contribution in [0.1, 0.15) is 49.9 Å². The van der Waals surface area contributed by atoms with E-state index in [0.717, 1.165) is 22.7 Å². The minimum Gasteiger partial charge on any atom is -0.309 e. The van der Waals surface area contributed by atoms with Gasteiger partial charge in [-0.3, -0.25) is 0 Å². The van der Waals surface area contributed by atoms with Gasteiger partial charge in [0.25, 0.3) is 0 Å². The highest BCUT2D eigenvalue weighted by Gasteiger charge is 2.37. The highest BCUT2D eigenvalue weighted by atomic mass is 15.2. The lowest BCUT2D eigenvalue weighted by Gasteiger charge is -2.33. The van der Waals surface area contributed by atoms with Crippen LogP contribution in [-0.2, 0) is 10.8 Å². The molecule has 2 nitrogen and oxygen atoms in total. The lowest BCUT2D eigenvalue weighted by molar-refractivity contribution is 0.660. The Balaban J connectivity index is 1.20. The maximum absolute atomic E-state index is 2.49. The van der Waals surface area contributed by atoms with Crippen molar-refractivity contribution >= 4 is 55.7 Å². The molecule has 278 valence electrons. The van der Waals surface area contributed by atoms with Crippen molar-refractivity contribution in [2.75, 3.05) is 9.80 Å². The number of anilines is 6. The monoisotopic (exact) mass is 744 g/mol. The average Bonchev–Trinajstić information content (AvgIpc) is 3.64. The second-order valence-electron chi connectivity index (χ2n) is 16.9. The normalized spacial score (nSPS) is 14.1. The Labute approximate surface area is 341 Å². The summed E-state index contributed by atoms with van der Waals surface area (Å²) in [5.74, 6) is 0. The Morgan fingerprint density at radius 2 is 0.586 bits per heavy atom. The molecule has 0 N–H and O–H groups in total. The highest BCUT2D eigenvalue weighted by Crippen LogP contribution is 2.55. The van der Waals surface area contributed by atoms with E-state index >= 15 is 0 Å². The van der Waals surface area contributed by atoms with Crippen LogP contribution in [0.25, 0.3) is 43.8 Å². The largest absolute Gasteiger partial charge is 0.309 e. The van der Waals surface area contributed by atoms with Crippen molar-refractivity contribution < 1.29 is 0 Å². The summed E-state index contributed by atoms with van der Waals surface area (Å²) in [4.78, 5) is 4.98. The van der Waals surface area contributed by atoms with Crippen LogP contribution in [0.2, 0.25) is 0 Å². The molecule has 9 aromatic rings. The van der Waals surface area contributed by atoms with Crippen molar-refractivity contribution in [3.8, 4) is 22.3 Å². The van der Waals surface area contributed by atoms with Crippen LogP contribution in [0.4, 0.5) is 34.1 Å². The van der Waals surface area contributed by atoms with Crippen molar-refractivity contribution in [1.29, 1.82) is 0 Å². The van der Waals surface area contributed by atoms with Gasteiger partial charge < -0.3 is 9.80 Å². The third-order valence-corrected chi connectivity index (χ3v) is 13.0. The molecule has 2 aliphatic carbocycles. The zero-order valence-corrected chi connectivity index (χ0v) is 33.4. The minimum absolute atomic E-state index is 0.0701. The van der Waals surface area contributed by atoms with Gasteiger partial charge in [0.2, 0.25) is 0 Å². The topological polar surface area (TPSA) is 6.48 Å². The lowest BCUT2D eigenvalue weighted by Crippen LogP contribution is -2.16. The van der Waals surface area contributed by atoms with Crippen LogP contribution >= 0.6 is 0 Å². The number of hydrogen-bond donors (Lipinski definition) is 0. The Hall–Kier alpha value is -6.90. The molecule has 9 aromatic carbocycles. The second-order valence-corrected chi connectivity index (χ2v) is 16.9. The minimum atomic E-state index is -0.0701. The first-order chi connectivity index (χ1) is 28.3. The second kappa shape index (κ2) is 12.8. The fourth-order valence-corrected chi connectivity index (χ4v) is 10.2. The maximum Gasteiger partial charge on any atom is 0.0619 e. The molecule has 2 aliphatic rings. The van der Waals surface area contributed by atoms with Gasteiger partial charge in [0.1, 0.15) is 0 Å². The van der Waals surface area contributed by atoms with Crippen LogP contribution in [0.15, 0.2) is 194 Å². The van der Waals surface area contributed by atoms with E-state index in [4.69, 9.17) is 0 Å². The summed E-state index contributed by atoms with van der Waals surface area (Å²) >= 11 is 0. The van der Waals surface area contributed by atoms with Crippen molar-refractivity contribution in [3.63, 3.8) is 0 Å². The predicted octanol–water partition coefficient (Wildman–Crippen LogP) is 15.5. The molecular weight excluding hydrogens is 701 g/mol. The van der Waals surface area contributed by atoms with E-state index in [1.54, 1.807) is 0 Å². The first-order valence-corrected chi connectivity index (χ1v) is 20.4. The summed E-state index contributed by atoms with van der Waals surface area (Å²) in [6.45, 7) is 9.41. The molecule has 0 heterocycles. The smallest absolute Gasteiger partial charge is 0.0619 e. The Morgan fingerprint density at radius 1 is 0.276 bits per heavy atom. The SMILES string of the molecule is CC1(C)c2ccccc2-c2cc(N(c3ccccc3)c3c4ccccc4c(N(c4ccccc4)c4ccc5c(c4)-c4ccccc4C5(C)C)c4ccccc34)ccc21. The predicted molar refractivity (Wildman–Crippen MR) is 246 cm³/mol. The van der Waals surface area contributed by atoms with E-state index in [9.17, 15) is 0 Å². The number of para-hydroxylation sites is 2. The molecule has 0 spiro atoms. The van der Waals surface area contributed by atoms with Crippen LogP contribution in [0.3, 0.4) is 0 Å². The molecule has 0 radical (unpaired) electrons. The van der Waals surface area contributed by atoms with Crippen LogP contribution in [0.5, 0.6) is 0 Å². The zero-order valence-electron chi connectivity index (χ0n) is 33.4. The lowest BCUT2D eigenvalue weighted by atomic mass is 9.82. The van der Waals surface area contributed by atoms with Crippen LogP contribution in [-0.4, -0.2) is 0 Å². The summed E-state index contributed by atoms with van der Waals surface area (Å²) in [5.41, 5.74) is 17.5. The fourth-order valence-electron chi connectivity index (χ4n) is 10.2. The summed E-state index contributed by atoms with van der Waals surface area (Å²) in [6, 6.07) is 71.9. The van der Waals surface area contributed by atoms with Gasteiger partial charge in [-0.25, -0.2) is 0 Å². The Bertz CT molecular complexity index is 2800. The summed E-state index contributed by atoms with van der Waals surface area (Å²) in [7, 11) is 0. The first kappa shape index (κ1) is 34.4. The van der Waals surface area contributed by atoms with E-state index in [2.05, 4.69) is 232 Å². The average molecular weight is 745 g/mol. The van der Waals surface area contributed by atoms with Crippen molar-refractivity contribution in [1.82, 2.24) is 0 Å². The van der Waals surface area contributed by atoms with Gasteiger partial charge in [0.05, 0.1) is 11.4 Å². The van der Waals surface area contributed by atoms with Gasteiger partial charge in [-0.2, -0.15) is 0 Å². The molecule has 0 fully saturated rings. The van der Waals surface area contributed by atoms with E-state index in [-0.39, 0.29) is 10.8 Å². The number of fused-ring (bicyclic) bond motifs is 8. The number of rotatable bonds is 6. The molecule has 0 aromatic heterocycles. The summed E-state index contributed by atoms with van der Waals surface area (Å²) in [6.07, 6.45) is 0. The molecule has 0 bridgehead atoms. The molecule has 0 atom stereocenters. The molecule has 11 rings (SSSR count). The van der Waals surface area contributed by atoms with E-state index in [1.165, 1.54) is 77.4 Å². The molecular formula is C56H44N2. The Kier molecular flexibility index (Phi) is 7.59. The van der Waals surface area contributed by atoms with Gasteiger partial charge in [-0.15, -0.1) is 0 Å². The van der Waals surface area contributed by atoms with Gasteiger partial charge in [0.15, 0.2) is 0 Å². The van der Waals surface area contributed by atoms with Crippen molar-refractivity contribution in [2.45, 2.75) is 38.5 Å². The fraction of sp³-hybridized carbons (Fsp3) is 0.107. The van der Waals surface area contributed by atoms with E-state index < -0.39 is 0 Å². The van der Waals surface area contributed by atoms with Crippen molar-refractivity contribution in [2.24, 2.45) is 0 Å². The van der Waals surface area contributed by atoms with Gasteiger partial charge >= 0.3 is 0 Å². The van der Waals surface area contributed by atoms with Gasteiger partial charge in [0, 0.05) is 55.1 Å². The van der Waals surface area contributed by atoms with Crippen LogP contribution in [0, 0.1) is 0 Å². The zero-order chi connectivity index (χ0) is 39.2. The number of nitrogens with zero attached hydrogens (tertiary/aromatic N) is 2. The third kappa shape index (κ3) is 4.98. The molecule has 0 aliphatic heterocycles. The maximum atomic E-state index is 2.49. The van der Waals surface area contributed by atoms with Crippen LogP contribution < -0.4 is 9.80 Å². The van der Waals surface area contributed by atoms with E-state index in [0.29, 0.717) is 0 Å². The van der Waals surface area contributed by atoms with Crippen molar-refractivity contribution in [3.05, 3.63) is 216 Å². The first-order valence-electron chi connectivity index (χ1n) is 20.4. The highest BCUT2D eigenvalue weighted by molar-refractivity contribution is 6.23. The summed E-state index contributed by atoms with van der Waals surface area (Å²) < 4.78 is 0. The summed E-state index contributed by atoms with van der Waals surface area (Å²) in [5, 5.41) is 4.76. The standard InChI is InChI=1S/C56H44N2/c1-55(2)49-29-17-15-23-41(49)47-35-39(31-33-51(47)55)57(37-19-7-5-8-20-37)53-43-25-11-13-27-45(43)54(46-28-14-12-26-44(46)53)58(38-21-9-6-10-22-38)40-32-34-52-48(36-40)42-24-16-18-30-50(42)56(52,3)4/h5-36H,1-4H3. The number of benzene rings is 9. The third-order valence-electron chi connectivity index (χ3n) is 13.0. The van der Waals surface area contributed by atoms with E-state index in [1.807, 2.05) is 0 Å².